The number of hydrogen-bond acceptors (Lipinski definition) is 2. The number of ether oxygens (including phenoxy) is 1. The normalized spacial score (nSPS) is 22.1. The molecular formula is C17H23NO2. The van der Waals surface area contributed by atoms with Crippen molar-refractivity contribution in [2.45, 2.75) is 39.2 Å². The van der Waals surface area contributed by atoms with E-state index in [1.807, 2.05) is 37.3 Å². The van der Waals surface area contributed by atoms with E-state index in [0.717, 1.165) is 17.7 Å². The van der Waals surface area contributed by atoms with E-state index in [1.54, 1.807) is 6.08 Å². The molecule has 3 nitrogen and oxygen atoms in total. The van der Waals surface area contributed by atoms with Crippen LogP contribution in [0.5, 0.6) is 5.75 Å². The van der Waals surface area contributed by atoms with Gasteiger partial charge in [-0.25, -0.2) is 0 Å². The van der Waals surface area contributed by atoms with E-state index in [9.17, 15) is 4.79 Å². The summed E-state index contributed by atoms with van der Waals surface area (Å²) in [6.45, 7) is 4.78. The minimum Gasteiger partial charge on any atom is -0.493 e. The molecule has 0 aromatic heterocycles. The largest absolute Gasteiger partial charge is 0.493 e. The molecule has 1 N–H and O–H groups in total. The van der Waals surface area contributed by atoms with Gasteiger partial charge >= 0.3 is 0 Å². The molecule has 2 unspecified atom stereocenters. The second-order valence-electron chi connectivity index (χ2n) is 5.33. The van der Waals surface area contributed by atoms with Gasteiger partial charge in [0.15, 0.2) is 0 Å². The smallest absolute Gasteiger partial charge is 0.244 e. The minimum atomic E-state index is -0.0185. The van der Waals surface area contributed by atoms with Crippen LogP contribution in [-0.4, -0.2) is 18.6 Å². The Kier molecular flexibility index (Phi) is 5.22. The van der Waals surface area contributed by atoms with E-state index < -0.39 is 0 Å². The number of rotatable bonds is 5. The predicted molar refractivity (Wildman–Crippen MR) is 81.6 cm³/mol. The minimum absolute atomic E-state index is 0.0185. The number of carbonyl (C=O) groups excluding carboxylic acids is 1. The van der Waals surface area contributed by atoms with Crippen molar-refractivity contribution in [1.29, 1.82) is 0 Å². The summed E-state index contributed by atoms with van der Waals surface area (Å²) in [7, 11) is 0. The van der Waals surface area contributed by atoms with Gasteiger partial charge in [0.05, 0.1) is 6.61 Å². The summed E-state index contributed by atoms with van der Waals surface area (Å²) < 4.78 is 5.54. The topological polar surface area (TPSA) is 38.3 Å². The van der Waals surface area contributed by atoms with Gasteiger partial charge in [0, 0.05) is 17.7 Å². The van der Waals surface area contributed by atoms with E-state index >= 15 is 0 Å². The second kappa shape index (κ2) is 7.13. The lowest BCUT2D eigenvalue weighted by molar-refractivity contribution is -0.117. The molecule has 1 saturated carbocycles. The Labute approximate surface area is 121 Å². The lowest BCUT2D eigenvalue weighted by atomic mass is 10.1. The van der Waals surface area contributed by atoms with Gasteiger partial charge in [0.2, 0.25) is 5.91 Å². The van der Waals surface area contributed by atoms with Crippen LogP contribution in [0.25, 0.3) is 6.08 Å². The fraction of sp³-hybridized carbons (Fsp3) is 0.471. The van der Waals surface area contributed by atoms with Gasteiger partial charge in [-0.1, -0.05) is 31.5 Å². The fourth-order valence-corrected chi connectivity index (χ4v) is 2.66. The van der Waals surface area contributed by atoms with Crippen molar-refractivity contribution in [3.63, 3.8) is 0 Å². The maximum atomic E-state index is 11.9. The Hall–Kier alpha value is -1.77. The van der Waals surface area contributed by atoms with Crippen molar-refractivity contribution in [1.82, 2.24) is 5.32 Å². The quantitative estimate of drug-likeness (QED) is 0.835. The average Bonchev–Trinajstić information content (AvgIpc) is 2.84. The van der Waals surface area contributed by atoms with Gasteiger partial charge < -0.3 is 10.1 Å². The van der Waals surface area contributed by atoms with E-state index in [-0.39, 0.29) is 5.91 Å². The van der Waals surface area contributed by atoms with Crippen molar-refractivity contribution in [3.8, 4) is 5.75 Å². The zero-order valence-electron chi connectivity index (χ0n) is 12.3. The van der Waals surface area contributed by atoms with E-state index in [4.69, 9.17) is 4.74 Å². The van der Waals surface area contributed by atoms with Crippen LogP contribution >= 0.6 is 0 Å². The second-order valence-corrected chi connectivity index (χ2v) is 5.33. The third-order valence-corrected chi connectivity index (χ3v) is 3.82. The SMILES string of the molecule is CCOc1ccccc1/C=C/C(=O)NC1CCCC1C. The number of hydrogen-bond donors (Lipinski definition) is 1. The highest BCUT2D eigenvalue weighted by Crippen LogP contribution is 2.24. The van der Waals surface area contributed by atoms with Crippen LogP contribution < -0.4 is 10.1 Å². The van der Waals surface area contributed by atoms with Crippen LogP contribution in [0.1, 0.15) is 38.7 Å². The van der Waals surface area contributed by atoms with Crippen molar-refractivity contribution in [3.05, 3.63) is 35.9 Å². The molecule has 2 rings (SSSR count). The molecule has 0 radical (unpaired) electrons. The van der Waals surface area contributed by atoms with Gasteiger partial charge in [0.1, 0.15) is 5.75 Å². The summed E-state index contributed by atoms with van der Waals surface area (Å²) in [6.07, 6.45) is 6.93. The Balaban J connectivity index is 1.96. The van der Waals surface area contributed by atoms with Crippen molar-refractivity contribution >= 4 is 12.0 Å². The summed E-state index contributed by atoms with van der Waals surface area (Å²) in [6, 6.07) is 8.07. The van der Waals surface area contributed by atoms with Gasteiger partial charge in [-0.15, -0.1) is 0 Å². The third-order valence-electron chi connectivity index (χ3n) is 3.82. The lowest BCUT2D eigenvalue weighted by Gasteiger charge is -2.15. The molecule has 0 spiro atoms. The lowest BCUT2D eigenvalue weighted by Crippen LogP contribution is -2.35. The van der Waals surface area contributed by atoms with Crippen molar-refractivity contribution in [2.24, 2.45) is 5.92 Å². The first-order valence-corrected chi connectivity index (χ1v) is 7.41. The first kappa shape index (κ1) is 14.6. The molecule has 1 aliphatic carbocycles. The van der Waals surface area contributed by atoms with Crippen LogP contribution in [0.3, 0.4) is 0 Å². The van der Waals surface area contributed by atoms with Crippen LogP contribution in [0, 0.1) is 5.92 Å². The monoisotopic (exact) mass is 273 g/mol. The first-order chi connectivity index (χ1) is 9.70. The molecule has 1 aromatic rings. The summed E-state index contributed by atoms with van der Waals surface area (Å²) in [5.41, 5.74) is 0.934. The summed E-state index contributed by atoms with van der Waals surface area (Å²) in [4.78, 5) is 11.9. The molecule has 0 bridgehead atoms. The molecule has 2 atom stereocenters. The van der Waals surface area contributed by atoms with E-state index in [0.29, 0.717) is 18.6 Å². The summed E-state index contributed by atoms with van der Waals surface area (Å²) in [5, 5.41) is 3.08. The van der Waals surface area contributed by atoms with Crippen LogP contribution in [0.4, 0.5) is 0 Å². The molecule has 20 heavy (non-hydrogen) atoms. The number of para-hydroxylation sites is 1. The molecule has 108 valence electrons. The molecular weight excluding hydrogens is 250 g/mol. The predicted octanol–water partition coefficient (Wildman–Crippen LogP) is 3.40. The van der Waals surface area contributed by atoms with E-state index in [2.05, 4.69) is 12.2 Å². The van der Waals surface area contributed by atoms with Crippen LogP contribution in [-0.2, 0) is 4.79 Å². The number of carbonyl (C=O) groups is 1. The molecule has 0 saturated heterocycles. The highest BCUT2D eigenvalue weighted by molar-refractivity contribution is 5.92. The van der Waals surface area contributed by atoms with Gasteiger partial charge in [-0.3, -0.25) is 4.79 Å². The molecule has 1 fully saturated rings. The standard InChI is InChI=1S/C17H23NO2/c1-3-20-16-10-5-4-8-14(16)11-12-17(19)18-15-9-6-7-13(15)2/h4-5,8,10-13,15H,3,6-7,9H2,1-2H3,(H,18,19)/b12-11+. The maximum absolute atomic E-state index is 11.9. The van der Waals surface area contributed by atoms with Crippen LogP contribution in [0.15, 0.2) is 30.3 Å². The van der Waals surface area contributed by atoms with Crippen molar-refractivity contribution < 1.29 is 9.53 Å². The van der Waals surface area contributed by atoms with Crippen LogP contribution in [0.2, 0.25) is 0 Å². The molecule has 1 aliphatic rings. The third kappa shape index (κ3) is 3.86. The Morgan fingerprint density at radius 2 is 2.20 bits per heavy atom. The number of nitrogens with one attached hydrogen (secondary N) is 1. The first-order valence-electron chi connectivity index (χ1n) is 7.41. The van der Waals surface area contributed by atoms with Gasteiger partial charge in [-0.05, 0) is 37.8 Å². The molecule has 0 aliphatic heterocycles. The Morgan fingerprint density at radius 3 is 2.90 bits per heavy atom. The maximum Gasteiger partial charge on any atom is 0.244 e. The Bertz CT molecular complexity index is 482. The Morgan fingerprint density at radius 1 is 1.40 bits per heavy atom. The molecule has 1 aromatic carbocycles. The van der Waals surface area contributed by atoms with Gasteiger partial charge in [0.25, 0.3) is 0 Å². The number of benzene rings is 1. The molecule has 3 heteroatoms. The number of amides is 1. The zero-order valence-corrected chi connectivity index (χ0v) is 12.3. The fourth-order valence-electron chi connectivity index (χ4n) is 2.66. The molecule has 1 amide bonds. The molecule has 0 heterocycles. The summed E-state index contributed by atoms with van der Waals surface area (Å²) in [5.74, 6) is 1.38. The van der Waals surface area contributed by atoms with Gasteiger partial charge in [-0.2, -0.15) is 0 Å². The highest BCUT2D eigenvalue weighted by Gasteiger charge is 2.23. The summed E-state index contributed by atoms with van der Waals surface area (Å²) >= 11 is 0. The van der Waals surface area contributed by atoms with Crippen molar-refractivity contribution in [2.75, 3.05) is 6.61 Å². The highest BCUT2D eigenvalue weighted by atomic mass is 16.5. The average molecular weight is 273 g/mol. The van der Waals surface area contributed by atoms with E-state index in [1.165, 1.54) is 12.8 Å². The zero-order chi connectivity index (χ0) is 14.4.